The molecule has 0 spiro atoms. The van der Waals surface area contributed by atoms with E-state index in [2.05, 4.69) is 24.0 Å². The van der Waals surface area contributed by atoms with Crippen LogP contribution in [0.5, 0.6) is 0 Å². The van der Waals surface area contributed by atoms with Crippen LogP contribution in [0.3, 0.4) is 0 Å². The molecule has 0 N–H and O–H groups in total. The lowest BCUT2D eigenvalue weighted by molar-refractivity contribution is 1.12. The first kappa shape index (κ1) is 13.8. The zero-order valence-corrected chi connectivity index (χ0v) is 12.7. The highest BCUT2D eigenvalue weighted by Crippen LogP contribution is 2.23. The Balaban J connectivity index is 1.98. The van der Waals surface area contributed by atoms with E-state index in [1.54, 1.807) is 11.8 Å². The van der Waals surface area contributed by atoms with Crippen molar-refractivity contribution in [2.75, 3.05) is 5.75 Å². The second kappa shape index (κ2) is 6.55. The number of aromatic nitrogens is 2. The van der Waals surface area contributed by atoms with Crippen molar-refractivity contribution in [3.8, 4) is 22.6 Å². The summed E-state index contributed by atoms with van der Waals surface area (Å²) in [7, 11) is 0. The van der Waals surface area contributed by atoms with Crippen molar-refractivity contribution < 1.29 is 0 Å². The Hall–Kier alpha value is -2.13. The molecule has 3 heteroatoms. The summed E-state index contributed by atoms with van der Waals surface area (Å²) in [5.74, 6) is 1.02. The third-order valence-corrected chi connectivity index (χ3v) is 3.91. The molecule has 0 aliphatic rings. The van der Waals surface area contributed by atoms with Gasteiger partial charge in [0.1, 0.15) is 0 Å². The van der Waals surface area contributed by atoms with Gasteiger partial charge in [-0.2, -0.15) is 0 Å². The minimum absolute atomic E-state index is 0.912. The number of nitrogens with zero attached hydrogens (tertiary/aromatic N) is 2. The Morgan fingerprint density at radius 1 is 0.714 bits per heavy atom. The molecule has 3 rings (SSSR count). The summed E-state index contributed by atoms with van der Waals surface area (Å²) in [4.78, 5) is 9.41. The Morgan fingerprint density at radius 2 is 1.38 bits per heavy atom. The van der Waals surface area contributed by atoms with Gasteiger partial charge >= 0.3 is 0 Å². The van der Waals surface area contributed by atoms with Crippen LogP contribution < -0.4 is 0 Å². The fourth-order valence-electron chi connectivity index (χ4n) is 2.13. The largest absolute Gasteiger partial charge is 0.246 e. The van der Waals surface area contributed by atoms with Crippen molar-refractivity contribution in [2.45, 2.75) is 11.9 Å². The first-order valence-electron chi connectivity index (χ1n) is 6.99. The molecule has 0 fully saturated rings. The SMILES string of the molecule is CCSc1cccc(-c2cccc(-c3ccccc3)n2)n1. The van der Waals surface area contributed by atoms with Crippen molar-refractivity contribution >= 4 is 11.8 Å². The maximum atomic E-state index is 4.74. The Labute approximate surface area is 129 Å². The quantitative estimate of drug-likeness (QED) is 0.638. The van der Waals surface area contributed by atoms with Crippen LogP contribution in [0.4, 0.5) is 0 Å². The average Bonchev–Trinajstić information content (AvgIpc) is 2.56. The number of thioether (sulfide) groups is 1. The number of pyridine rings is 2. The Kier molecular flexibility index (Phi) is 4.31. The van der Waals surface area contributed by atoms with Gasteiger partial charge in [-0.05, 0) is 30.0 Å². The minimum atomic E-state index is 0.912. The molecule has 2 aromatic heterocycles. The van der Waals surface area contributed by atoms with Crippen molar-refractivity contribution in [2.24, 2.45) is 0 Å². The molecule has 1 aromatic carbocycles. The fraction of sp³-hybridized carbons (Fsp3) is 0.111. The van der Waals surface area contributed by atoms with Gasteiger partial charge in [0.25, 0.3) is 0 Å². The van der Waals surface area contributed by atoms with Crippen molar-refractivity contribution in [3.05, 3.63) is 66.7 Å². The highest BCUT2D eigenvalue weighted by molar-refractivity contribution is 7.99. The fourth-order valence-corrected chi connectivity index (χ4v) is 2.77. The molecule has 3 aromatic rings. The molecule has 0 saturated heterocycles. The minimum Gasteiger partial charge on any atom is -0.246 e. The summed E-state index contributed by atoms with van der Waals surface area (Å²) in [5, 5.41) is 1.04. The van der Waals surface area contributed by atoms with Crippen LogP contribution in [-0.4, -0.2) is 15.7 Å². The van der Waals surface area contributed by atoms with Crippen LogP contribution in [0.15, 0.2) is 71.8 Å². The van der Waals surface area contributed by atoms with Crippen molar-refractivity contribution in [1.29, 1.82) is 0 Å². The van der Waals surface area contributed by atoms with Crippen LogP contribution in [-0.2, 0) is 0 Å². The summed E-state index contributed by atoms with van der Waals surface area (Å²) in [5.41, 5.74) is 3.93. The number of hydrogen-bond donors (Lipinski definition) is 0. The van der Waals surface area contributed by atoms with Crippen LogP contribution >= 0.6 is 11.8 Å². The molecular formula is C18H16N2S. The second-order valence-electron chi connectivity index (χ2n) is 4.57. The van der Waals surface area contributed by atoms with Crippen molar-refractivity contribution in [1.82, 2.24) is 9.97 Å². The maximum absolute atomic E-state index is 4.74. The van der Waals surface area contributed by atoms with Crippen LogP contribution in [0.25, 0.3) is 22.6 Å². The molecule has 0 atom stereocenters. The van der Waals surface area contributed by atoms with Gasteiger partial charge in [0.15, 0.2) is 0 Å². The predicted octanol–water partition coefficient (Wildman–Crippen LogP) is 4.92. The van der Waals surface area contributed by atoms with Crippen LogP contribution in [0, 0.1) is 0 Å². The van der Waals surface area contributed by atoms with Gasteiger partial charge in [0, 0.05) is 5.56 Å². The Bertz CT molecular complexity index is 726. The van der Waals surface area contributed by atoms with Gasteiger partial charge in [-0.1, -0.05) is 49.4 Å². The molecule has 0 amide bonds. The zero-order valence-electron chi connectivity index (χ0n) is 11.9. The number of rotatable bonds is 4. The summed E-state index contributed by atoms with van der Waals surface area (Å²) < 4.78 is 0. The summed E-state index contributed by atoms with van der Waals surface area (Å²) in [6.45, 7) is 2.13. The topological polar surface area (TPSA) is 25.8 Å². The van der Waals surface area contributed by atoms with E-state index in [0.29, 0.717) is 0 Å². The lowest BCUT2D eigenvalue weighted by atomic mass is 10.1. The molecule has 2 heterocycles. The van der Waals surface area contributed by atoms with E-state index in [-0.39, 0.29) is 0 Å². The van der Waals surface area contributed by atoms with E-state index in [1.165, 1.54) is 0 Å². The highest BCUT2D eigenvalue weighted by Gasteiger charge is 2.05. The lowest BCUT2D eigenvalue weighted by Gasteiger charge is -2.06. The highest BCUT2D eigenvalue weighted by atomic mass is 32.2. The number of hydrogen-bond acceptors (Lipinski definition) is 3. The summed E-state index contributed by atoms with van der Waals surface area (Å²) in [6.07, 6.45) is 0. The van der Waals surface area contributed by atoms with Crippen molar-refractivity contribution in [3.63, 3.8) is 0 Å². The molecule has 0 saturated carbocycles. The predicted molar refractivity (Wildman–Crippen MR) is 89.3 cm³/mol. The monoisotopic (exact) mass is 292 g/mol. The van der Waals surface area contributed by atoms with Gasteiger partial charge in [-0.3, -0.25) is 0 Å². The molecule has 2 nitrogen and oxygen atoms in total. The smallest absolute Gasteiger partial charge is 0.0967 e. The normalized spacial score (nSPS) is 10.5. The Morgan fingerprint density at radius 3 is 2.14 bits per heavy atom. The molecule has 0 radical (unpaired) electrons. The average molecular weight is 292 g/mol. The first-order chi connectivity index (χ1) is 10.4. The van der Waals surface area contributed by atoms with Gasteiger partial charge < -0.3 is 0 Å². The summed E-state index contributed by atoms with van der Waals surface area (Å²) in [6, 6.07) is 22.4. The molecule has 21 heavy (non-hydrogen) atoms. The maximum Gasteiger partial charge on any atom is 0.0967 e. The molecular weight excluding hydrogens is 276 g/mol. The second-order valence-corrected chi connectivity index (χ2v) is 5.85. The van der Waals surface area contributed by atoms with E-state index in [4.69, 9.17) is 4.98 Å². The van der Waals surface area contributed by atoms with E-state index in [0.717, 1.165) is 33.4 Å². The molecule has 104 valence electrons. The molecule has 0 aliphatic carbocycles. The molecule has 0 bridgehead atoms. The van der Waals surface area contributed by atoms with Gasteiger partial charge in [0.2, 0.25) is 0 Å². The van der Waals surface area contributed by atoms with Crippen LogP contribution in [0.1, 0.15) is 6.92 Å². The van der Waals surface area contributed by atoms with Gasteiger partial charge in [-0.15, -0.1) is 11.8 Å². The standard InChI is InChI=1S/C18H16N2S/c1-2-21-18-13-7-12-17(20-18)16-11-6-10-15(19-16)14-8-4-3-5-9-14/h3-13H,2H2,1H3. The lowest BCUT2D eigenvalue weighted by Crippen LogP contribution is -1.91. The third-order valence-electron chi connectivity index (χ3n) is 3.10. The number of benzene rings is 1. The van der Waals surface area contributed by atoms with E-state index in [9.17, 15) is 0 Å². The van der Waals surface area contributed by atoms with Gasteiger partial charge in [0.05, 0.1) is 22.1 Å². The van der Waals surface area contributed by atoms with E-state index in [1.807, 2.05) is 54.6 Å². The van der Waals surface area contributed by atoms with E-state index >= 15 is 0 Å². The third kappa shape index (κ3) is 3.31. The summed E-state index contributed by atoms with van der Waals surface area (Å²) >= 11 is 1.75. The molecule has 0 unspecified atom stereocenters. The van der Waals surface area contributed by atoms with Crippen LogP contribution in [0.2, 0.25) is 0 Å². The first-order valence-corrected chi connectivity index (χ1v) is 7.98. The van der Waals surface area contributed by atoms with Gasteiger partial charge in [-0.25, -0.2) is 9.97 Å². The zero-order chi connectivity index (χ0) is 14.5. The molecule has 0 aliphatic heterocycles. The van der Waals surface area contributed by atoms with E-state index < -0.39 is 0 Å².